The van der Waals surface area contributed by atoms with Gasteiger partial charge in [0.1, 0.15) is 5.82 Å². The third kappa shape index (κ3) is 4.67. The zero-order valence-electron chi connectivity index (χ0n) is 16.7. The van der Waals surface area contributed by atoms with Crippen molar-refractivity contribution in [3.05, 3.63) is 65.5 Å². The molecular formula is C24H29N3O2. The Labute approximate surface area is 171 Å². The van der Waals surface area contributed by atoms with Crippen LogP contribution in [0.4, 0.5) is 0 Å². The molecule has 3 aromatic rings. The lowest BCUT2D eigenvalue weighted by Gasteiger charge is -2.14. The molecule has 1 aliphatic carbocycles. The highest BCUT2D eigenvalue weighted by molar-refractivity contribution is 5.97. The van der Waals surface area contributed by atoms with Crippen LogP contribution in [-0.2, 0) is 0 Å². The number of nitrogens with zero attached hydrogens (tertiary/aromatic N) is 1. The van der Waals surface area contributed by atoms with Crippen molar-refractivity contribution >= 4 is 16.9 Å². The topological polar surface area (TPSA) is 78.0 Å². The first-order chi connectivity index (χ1) is 14.2. The van der Waals surface area contributed by atoms with Gasteiger partial charge in [-0.25, -0.2) is 4.98 Å². The number of H-pyrrole nitrogens is 1. The number of aromatic nitrogens is 2. The van der Waals surface area contributed by atoms with Crippen molar-refractivity contribution in [2.45, 2.75) is 44.4 Å². The molecule has 5 heteroatoms. The maximum absolute atomic E-state index is 12.6. The quantitative estimate of drug-likeness (QED) is 0.546. The predicted octanol–water partition coefficient (Wildman–Crippen LogP) is 4.39. The fourth-order valence-corrected chi connectivity index (χ4v) is 4.28. The van der Waals surface area contributed by atoms with Gasteiger partial charge in [0.15, 0.2) is 0 Å². The second-order valence-electron chi connectivity index (χ2n) is 8.07. The lowest BCUT2D eigenvalue weighted by molar-refractivity contribution is 0.0946. The summed E-state index contributed by atoms with van der Waals surface area (Å²) in [7, 11) is 0. The van der Waals surface area contributed by atoms with Gasteiger partial charge >= 0.3 is 0 Å². The van der Waals surface area contributed by atoms with Gasteiger partial charge in [-0.1, -0.05) is 56.0 Å². The number of nitrogens with one attached hydrogen (secondary N) is 2. The van der Waals surface area contributed by atoms with Crippen molar-refractivity contribution in [3.63, 3.8) is 0 Å². The van der Waals surface area contributed by atoms with Gasteiger partial charge in [-0.05, 0) is 42.5 Å². The first-order valence-corrected chi connectivity index (χ1v) is 10.7. The summed E-state index contributed by atoms with van der Waals surface area (Å²) in [5.74, 6) is 1.06. The van der Waals surface area contributed by atoms with Crippen LogP contribution in [0.5, 0.6) is 0 Å². The minimum atomic E-state index is -0.212. The number of fused-ring (bicyclic) bond motifs is 1. The van der Waals surface area contributed by atoms with Gasteiger partial charge in [0.25, 0.3) is 5.91 Å². The lowest BCUT2D eigenvalue weighted by Crippen LogP contribution is -2.29. The van der Waals surface area contributed by atoms with Crippen molar-refractivity contribution < 1.29 is 9.90 Å². The number of aliphatic hydroxyl groups is 1. The van der Waals surface area contributed by atoms with E-state index in [0.29, 0.717) is 17.3 Å². The summed E-state index contributed by atoms with van der Waals surface area (Å²) < 4.78 is 0. The van der Waals surface area contributed by atoms with Gasteiger partial charge in [-0.2, -0.15) is 0 Å². The molecule has 0 saturated heterocycles. The molecule has 1 aromatic heterocycles. The molecule has 4 rings (SSSR count). The number of benzene rings is 2. The summed E-state index contributed by atoms with van der Waals surface area (Å²) in [6.07, 6.45) is 7.62. The van der Waals surface area contributed by atoms with E-state index in [9.17, 15) is 9.90 Å². The molecule has 1 fully saturated rings. The monoisotopic (exact) mass is 391 g/mol. The highest BCUT2D eigenvalue weighted by Crippen LogP contribution is 2.25. The molecule has 0 aliphatic heterocycles. The second-order valence-corrected chi connectivity index (χ2v) is 8.07. The minimum Gasteiger partial charge on any atom is -0.395 e. The van der Waals surface area contributed by atoms with Gasteiger partial charge in [0, 0.05) is 12.1 Å². The van der Waals surface area contributed by atoms with Crippen LogP contribution in [0.25, 0.3) is 11.0 Å². The minimum absolute atomic E-state index is 0.0292. The van der Waals surface area contributed by atoms with Crippen molar-refractivity contribution in [1.82, 2.24) is 15.3 Å². The zero-order valence-corrected chi connectivity index (χ0v) is 16.7. The number of carbonyl (C=O) groups excluding carboxylic acids is 1. The molecule has 1 amide bonds. The van der Waals surface area contributed by atoms with E-state index in [1.165, 1.54) is 38.5 Å². The molecule has 5 nitrogen and oxygen atoms in total. The van der Waals surface area contributed by atoms with Gasteiger partial charge in [-0.15, -0.1) is 0 Å². The Morgan fingerprint density at radius 2 is 1.86 bits per heavy atom. The summed E-state index contributed by atoms with van der Waals surface area (Å²) in [6.45, 7) is 0.726. The Hall–Kier alpha value is -2.66. The molecule has 29 heavy (non-hydrogen) atoms. The largest absolute Gasteiger partial charge is 0.395 e. The molecule has 1 atom stereocenters. The van der Waals surface area contributed by atoms with Crippen LogP contribution in [0.2, 0.25) is 0 Å². The molecule has 2 aromatic carbocycles. The first kappa shape index (κ1) is 19.6. The summed E-state index contributed by atoms with van der Waals surface area (Å²) in [4.78, 5) is 20.6. The number of amides is 1. The van der Waals surface area contributed by atoms with Crippen LogP contribution in [0, 0.1) is 5.92 Å². The van der Waals surface area contributed by atoms with E-state index in [0.717, 1.165) is 23.1 Å². The van der Waals surface area contributed by atoms with E-state index in [1.807, 2.05) is 48.5 Å². The SMILES string of the molecule is O=C(NCC1CCCCCC1)c1ccc2nc(C(CO)c3ccccc3)[nH]c2c1. The van der Waals surface area contributed by atoms with E-state index in [4.69, 9.17) is 0 Å². The number of aliphatic hydroxyl groups excluding tert-OH is 1. The number of aromatic amines is 1. The second kappa shape index (κ2) is 9.23. The summed E-state index contributed by atoms with van der Waals surface area (Å²) >= 11 is 0. The normalized spacial score (nSPS) is 16.4. The number of imidazole rings is 1. The fraction of sp³-hybridized carbons (Fsp3) is 0.417. The molecule has 1 saturated carbocycles. The Kier molecular flexibility index (Phi) is 6.25. The van der Waals surface area contributed by atoms with E-state index < -0.39 is 0 Å². The summed E-state index contributed by atoms with van der Waals surface area (Å²) in [6, 6.07) is 15.4. The summed E-state index contributed by atoms with van der Waals surface area (Å²) in [5.41, 5.74) is 3.27. The van der Waals surface area contributed by atoms with Gasteiger partial charge in [0.05, 0.1) is 23.6 Å². The van der Waals surface area contributed by atoms with E-state index in [1.54, 1.807) is 0 Å². The lowest BCUT2D eigenvalue weighted by atomic mass is 10.00. The number of rotatable bonds is 6. The van der Waals surface area contributed by atoms with Gasteiger partial charge < -0.3 is 15.4 Å². The van der Waals surface area contributed by atoms with Gasteiger partial charge in [0.2, 0.25) is 0 Å². The fourth-order valence-electron chi connectivity index (χ4n) is 4.28. The molecule has 3 N–H and O–H groups in total. The maximum atomic E-state index is 12.6. The maximum Gasteiger partial charge on any atom is 0.251 e. The van der Waals surface area contributed by atoms with Crippen molar-refractivity contribution in [2.24, 2.45) is 5.92 Å². The highest BCUT2D eigenvalue weighted by Gasteiger charge is 2.18. The average Bonchev–Trinajstić information content (AvgIpc) is 2.99. The Balaban J connectivity index is 1.48. The summed E-state index contributed by atoms with van der Waals surface area (Å²) in [5, 5.41) is 13.0. The molecule has 1 aliphatic rings. The molecule has 1 heterocycles. The third-order valence-electron chi connectivity index (χ3n) is 6.00. The number of hydrogen-bond donors (Lipinski definition) is 3. The Bertz CT molecular complexity index is 943. The smallest absolute Gasteiger partial charge is 0.251 e. The van der Waals surface area contributed by atoms with E-state index in [2.05, 4.69) is 15.3 Å². The van der Waals surface area contributed by atoms with E-state index in [-0.39, 0.29) is 18.4 Å². The molecule has 0 radical (unpaired) electrons. The molecule has 0 bridgehead atoms. The highest BCUT2D eigenvalue weighted by atomic mass is 16.3. The Morgan fingerprint density at radius 3 is 2.59 bits per heavy atom. The Morgan fingerprint density at radius 1 is 1.10 bits per heavy atom. The van der Waals surface area contributed by atoms with Gasteiger partial charge in [-0.3, -0.25) is 4.79 Å². The predicted molar refractivity (Wildman–Crippen MR) is 115 cm³/mol. The van der Waals surface area contributed by atoms with Crippen LogP contribution < -0.4 is 5.32 Å². The van der Waals surface area contributed by atoms with E-state index >= 15 is 0 Å². The number of hydrogen-bond acceptors (Lipinski definition) is 3. The third-order valence-corrected chi connectivity index (χ3v) is 6.00. The van der Waals surface area contributed by atoms with Crippen LogP contribution in [0.3, 0.4) is 0 Å². The van der Waals surface area contributed by atoms with Crippen molar-refractivity contribution in [3.8, 4) is 0 Å². The molecular weight excluding hydrogens is 362 g/mol. The number of carbonyl (C=O) groups is 1. The standard InChI is InChI=1S/C24H29N3O2/c28-16-20(18-10-6-3-7-11-18)23-26-21-13-12-19(14-22(21)27-23)24(29)25-15-17-8-4-1-2-5-9-17/h3,6-7,10-14,17,20,28H,1-2,4-5,8-9,15-16H2,(H,25,29)(H,26,27). The zero-order chi connectivity index (χ0) is 20.1. The first-order valence-electron chi connectivity index (χ1n) is 10.7. The molecule has 0 spiro atoms. The average molecular weight is 392 g/mol. The van der Waals surface area contributed by atoms with Crippen LogP contribution in [-0.4, -0.2) is 34.1 Å². The van der Waals surface area contributed by atoms with Crippen molar-refractivity contribution in [1.29, 1.82) is 0 Å². The van der Waals surface area contributed by atoms with Crippen LogP contribution in [0.1, 0.15) is 66.2 Å². The van der Waals surface area contributed by atoms with Crippen LogP contribution in [0.15, 0.2) is 48.5 Å². The van der Waals surface area contributed by atoms with Crippen molar-refractivity contribution in [2.75, 3.05) is 13.2 Å². The molecule has 152 valence electrons. The van der Waals surface area contributed by atoms with Crippen LogP contribution >= 0.6 is 0 Å². The molecule has 1 unspecified atom stereocenters.